The summed E-state index contributed by atoms with van der Waals surface area (Å²) in [5.41, 5.74) is 9.72. The molecule has 2 heterocycles. The first kappa shape index (κ1) is 27.4. The van der Waals surface area contributed by atoms with Gasteiger partial charge < -0.3 is 0 Å². The largest absolute Gasteiger partial charge is 0.228 e. The number of thiophene rings is 1. The molecule has 0 spiro atoms. The fraction of sp³-hybridized carbons (Fsp3) is 0. The lowest BCUT2D eigenvalue weighted by Crippen LogP contribution is -1.97. The number of benzene rings is 7. The van der Waals surface area contributed by atoms with Gasteiger partial charge in [0.2, 0.25) is 0 Å². The highest BCUT2D eigenvalue weighted by Gasteiger charge is 2.20. The van der Waals surface area contributed by atoms with Gasteiger partial charge in [0.1, 0.15) is 0 Å². The Morgan fingerprint density at radius 3 is 1.70 bits per heavy atom. The Labute approximate surface area is 277 Å². The Hall–Kier alpha value is -5.90. The van der Waals surface area contributed by atoms with E-state index in [2.05, 4.69) is 158 Å². The van der Waals surface area contributed by atoms with Crippen LogP contribution in [-0.2, 0) is 0 Å². The smallest absolute Gasteiger partial charge is 0.161 e. The molecule has 220 valence electrons. The van der Waals surface area contributed by atoms with Crippen LogP contribution in [0.25, 0.3) is 87.1 Å². The van der Waals surface area contributed by atoms with Crippen molar-refractivity contribution in [1.29, 1.82) is 0 Å². The average molecular weight is 617 g/mol. The quantitative estimate of drug-likeness (QED) is 0.192. The summed E-state index contributed by atoms with van der Waals surface area (Å²) in [6, 6.07) is 60.2. The van der Waals surface area contributed by atoms with Crippen LogP contribution in [0, 0.1) is 0 Å². The molecule has 9 rings (SSSR count). The Kier molecular flexibility index (Phi) is 6.69. The van der Waals surface area contributed by atoms with Crippen molar-refractivity contribution in [3.63, 3.8) is 0 Å². The first-order chi connectivity index (χ1) is 23.3. The lowest BCUT2D eigenvalue weighted by molar-refractivity contribution is 1.18. The SMILES string of the molecule is c1ccc(-c2cc(-c3ccccc3)nc(-c3ccc4c(sc5ccccc54)c3-c3ccc(-c4cccc5ccccc45)cc3)n2)cc1. The van der Waals surface area contributed by atoms with Crippen LogP contribution in [-0.4, -0.2) is 9.97 Å². The first-order valence-electron chi connectivity index (χ1n) is 15.8. The van der Waals surface area contributed by atoms with Crippen molar-refractivity contribution in [3.05, 3.63) is 170 Å². The standard InChI is InChI=1S/C44H28N2S/c1-3-13-31(14-4-1)39-28-40(32-15-5-2-6-16-32)46-44(45-39)38-27-26-37-36-19-9-10-21-41(36)47-43(37)42(38)33-24-22-30(23-25-33)35-20-11-17-29-12-7-8-18-34(29)35/h1-28H. The van der Waals surface area contributed by atoms with Gasteiger partial charge in [-0.05, 0) is 45.7 Å². The summed E-state index contributed by atoms with van der Waals surface area (Å²) in [4.78, 5) is 10.5. The summed E-state index contributed by atoms with van der Waals surface area (Å²) in [6.45, 7) is 0. The van der Waals surface area contributed by atoms with Gasteiger partial charge in [-0.3, -0.25) is 0 Å². The molecule has 0 unspecified atom stereocenters. The zero-order valence-corrected chi connectivity index (χ0v) is 26.3. The molecule has 3 heteroatoms. The molecule has 0 N–H and O–H groups in total. The number of hydrogen-bond donors (Lipinski definition) is 0. The van der Waals surface area contributed by atoms with Crippen LogP contribution < -0.4 is 0 Å². The zero-order valence-electron chi connectivity index (χ0n) is 25.5. The van der Waals surface area contributed by atoms with Gasteiger partial charge in [0.05, 0.1) is 11.4 Å². The molecule has 9 aromatic rings. The molecule has 2 aromatic heterocycles. The predicted molar refractivity (Wildman–Crippen MR) is 200 cm³/mol. The summed E-state index contributed by atoms with van der Waals surface area (Å²) in [6.07, 6.45) is 0. The van der Waals surface area contributed by atoms with Crippen LogP contribution in [0.3, 0.4) is 0 Å². The Balaban J connectivity index is 1.28. The second-order valence-electron chi connectivity index (χ2n) is 11.8. The minimum atomic E-state index is 0.720. The molecule has 0 saturated carbocycles. The number of fused-ring (bicyclic) bond motifs is 4. The van der Waals surface area contributed by atoms with Crippen LogP contribution in [0.15, 0.2) is 170 Å². The predicted octanol–water partition coefficient (Wildman–Crippen LogP) is 12.3. The van der Waals surface area contributed by atoms with E-state index in [1.54, 1.807) is 0 Å². The van der Waals surface area contributed by atoms with Crippen molar-refractivity contribution in [1.82, 2.24) is 9.97 Å². The molecular formula is C44H28N2S. The highest BCUT2D eigenvalue weighted by Crippen LogP contribution is 2.45. The first-order valence-corrected chi connectivity index (χ1v) is 16.6. The van der Waals surface area contributed by atoms with Gasteiger partial charge in [-0.15, -0.1) is 11.3 Å². The topological polar surface area (TPSA) is 25.8 Å². The van der Waals surface area contributed by atoms with Crippen molar-refractivity contribution >= 4 is 42.3 Å². The van der Waals surface area contributed by atoms with Crippen LogP contribution in [0.4, 0.5) is 0 Å². The van der Waals surface area contributed by atoms with Gasteiger partial charge in [-0.2, -0.15) is 0 Å². The second kappa shape index (κ2) is 11.5. The van der Waals surface area contributed by atoms with Gasteiger partial charge >= 0.3 is 0 Å². The summed E-state index contributed by atoms with van der Waals surface area (Å²) < 4.78 is 2.52. The van der Waals surface area contributed by atoms with Crippen molar-refractivity contribution in [3.8, 4) is 56.2 Å². The molecule has 0 radical (unpaired) electrons. The molecule has 7 aromatic carbocycles. The van der Waals surface area contributed by atoms with Crippen molar-refractivity contribution in [2.45, 2.75) is 0 Å². The summed E-state index contributed by atoms with van der Waals surface area (Å²) >= 11 is 1.84. The van der Waals surface area contributed by atoms with Crippen molar-refractivity contribution in [2.24, 2.45) is 0 Å². The van der Waals surface area contributed by atoms with E-state index in [4.69, 9.17) is 9.97 Å². The van der Waals surface area contributed by atoms with Crippen LogP contribution in [0.1, 0.15) is 0 Å². The highest BCUT2D eigenvalue weighted by molar-refractivity contribution is 7.26. The van der Waals surface area contributed by atoms with Gasteiger partial charge in [0.25, 0.3) is 0 Å². The Morgan fingerprint density at radius 2 is 0.979 bits per heavy atom. The lowest BCUT2D eigenvalue weighted by Gasteiger charge is -2.14. The summed E-state index contributed by atoms with van der Waals surface area (Å²) in [5.74, 6) is 0.720. The molecule has 0 atom stereocenters. The average Bonchev–Trinajstić information content (AvgIpc) is 3.54. The fourth-order valence-corrected chi connectivity index (χ4v) is 7.91. The maximum Gasteiger partial charge on any atom is 0.161 e. The molecule has 0 bridgehead atoms. The third-order valence-electron chi connectivity index (χ3n) is 8.93. The summed E-state index contributed by atoms with van der Waals surface area (Å²) in [5, 5.41) is 5.03. The van der Waals surface area contributed by atoms with Crippen LogP contribution in [0.5, 0.6) is 0 Å². The third kappa shape index (κ3) is 4.89. The maximum absolute atomic E-state index is 5.24. The molecular weight excluding hydrogens is 589 g/mol. The minimum Gasteiger partial charge on any atom is -0.228 e. The van der Waals surface area contributed by atoms with E-state index in [0.29, 0.717) is 0 Å². The Bertz CT molecular complexity index is 2490. The van der Waals surface area contributed by atoms with E-state index in [1.165, 1.54) is 42.1 Å². The van der Waals surface area contributed by atoms with Gasteiger partial charge in [0, 0.05) is 42.4 Å². The van der Waals surface area contributed by atoms with Gasteiger partial charge in [-0.1, -0.05) is 152 Å². The minimum absolute atomic E-state index is 0.720. The van der Waals surface area contributed by atoms with Gasteiger partial charge in [0.15, 0.2) is 5.82 Å². The van der Waals surface area contributed by atoms with E-state index >= 15 is 0 Å². The highest BCUT2D eigenvalue weighted by atomic mass is 32.1. The lowest BCUT2D eigenvalue weighted by atomic mass is 9.93. The summed E-state index contributed by atoms with van der Waals surface area (Å²) in [7, 11) is 0. The molecule has 0 aliphatic rings. The normalized spacial score (nSPS) is 11.4. The molecule has 2 nitrogen and oxygen atoms in total. The molecule has 0 fully saturated rings. The zero-order chi connectivity index (χ0) is 31.2. The fourth-order valence-electron chi connectivity index (χ4n) is 6.64. The van der Waals surface area contributed by atoms with Crippen LogP contribution >= 0.6 is 11.3 Å². The Morgan fingerprint density at radius 1 is 0.383 bits per heavy atom. The second-order valence-corrected chi connectivity index (χ2v) is 12.8. The maximum atomic E-state index is 5.24. The monoisotopic (exact) mass is 616 g/mol. The number of nitrogens with zero attached hydrogens (tertiary/aromatic N) is 2. The van der Waals surface area contributed by atoms with E-state index < -0.39 is 0 Å². The third-order valence-corrected chi connectivity index (χ3v) is 10.1. The van der Waals surface area contributed by atoms with E-state index in [1.807, 2.05) is 23.5 Å². The van der Waals surface area contributed by atoms with E-state index in [-0.39, 0.29) is 0 Å². The van der Waals surface area contributed by atoms with E-state index in [0.717, 1.165) is 45.0 Å². The molecule has 0 saturated heterocycles. The number of aromatic nitrogens is 2. The number of hydrogen-bond acceptors (Lipinski definition) is 3. The van der Waals surface area contributed by atoms with E-state index in [9.17, 15) is 0 Å². The van der Waals surface area contributed by atoms with Gasteiger partial charge in [-0.25, -0.2) is 9.97 Å². The molecule has 47 heavy (non-hydrogen) atoms. The molecule has 0 aliphatic carbocycles. The van der Waals surface area contributed by atoms with Crippen LogP contribution in [0.2, 0.25) is 0 Å². The van der Waals surface area contributed by atoms with Crippen molar-refractivity contribution < 1.29 is 0 Å². The van der Waals surface area contributed by atoms with Crippen molar-refractivity contribution in [2.75, 3.05) is 0 Å². The molecule has 0 aliphatic heterocycles. The molecule has 0 amide bonds. The number of rotatable bonds is 5.